The molecule has 1 aliphatic carbocycles. The lowest BCUT2D eigenvalue weighted by Crippen LogP contribution is -2.23. The third-order valence-corrected chi connectivity index (χ3v) is 4.48. The summed E-state index contributed by atoms with van der Waals surface area (Å²) in [6.45, 7) is 2.16. The molecule has 0 aromatic heterocycles. The Bertz CT molecular complexity index is 568. The van der Waals surface area contributed by atoms with Gasteiger partial charge in [-0.05, 0) is 31.6 Å². The summed E-state index contributed by atoms with van der Waals surface area (Å²) in [7, 11) is 0. The number of non-ortho nitro benzene ring substituents is 1. The molecule has 1 saturated carbocycles. The van der Waals surface area contributed by atoms with Crippen molar-refractivity contribution < 1.29 is 14.5 Å². The minimum absolute atomic E-state index is 0.0172. The van der Waals surface area contributed by atoms with Gasteiger partial charge in [0.1, 0.15) is 6.10 Å². The summed E-state index contributed by atoms with van der Waals surface area (Å²) in [5.74, 6) is -0.0269. The Hall–Kier alpha value is -1.33. The molecule has 1 aliphatic rings. The lowest BCUT2D eigenvalue weighted by Gasteiger charge is -2.26. The third-order valence-electron chi connectivity index (χ3n) is 3.68. The van der Waals surface area contributed by atoms with Crippen LogP contribution in [-0.2, 0) is 4.74 Å². The van der Waals surface area contributed by atoms with Gasteiger partial charge in [0.2, 0.25) is 0 Å². The number of rotatable bonds is 3. The van der Waals surface area contributed by atoms with Crippen LogP contribution in [0.1, 0.15) is 43.0 Å². The molecule has 5 nitrogen and oxygen atoms in total. The van der Waals surface area contributed by atoms with Crippen molar-refractivity contribution in [1.82, 2.24) is 0 Å². The Kier molecular flexibility index (Phi) is 5.06. The van der Waals surface area contributed by atoms with E-state index in [1.807, 2.05) is 0 Å². The number of hydrogen-bond donors (Lipinski definition) is 0. The van der Waals surface area contributed by atoms with Crippen molar-refractivity contribution in [3.8, 4) is 0 Å². The average molecular weight is 332 g/mol. The van der Waals surface area contributed by atoms with E-state index in [4.69, 9.17) is 27.9 Å². The van der Waals surface area contributed by atoms with Gasteiger partial charge in [0.05, 0.1) is 20.5 Å². The van der Waals surface area contributed by atoms with Gasteiger partial charge < -0.3 is 4.74 Å². The quantitative estimate of drug-likeness (QED) is 0.459. The molecule has 21 heavy (non-hydrogen) atoms. The number of hydrogen-bond acceptors (Lipinski definition) is 4. The van der Waals surface area contributed by atoms with Crippen LogP contribution in [-0.4, -0.2) is 17.0 Å². The maximum absolute atomic E-state index is 12.2. The number of nitro benzene ring substituents is 1. The summed E-state index contributed by atoms with van der Waals surface area (Å²) < 4.78 is 5.39. The zero-order valence-electron chi connectivity index (χ0n) is 11.5. The summed E-state index contributed by atoms with van der Waals surface area (Å²) in [5, 5.41) is 10.8. The van der Waals surface area contributed by atoms with Crippen molar-refractivity contribution in [3.05, 3.63) is 37.9 Å². The number of halogens is 2. The summed E-state index contributed by atoms with van der Waals surface area (Å²) >= 11 is 11.8. The molecule has 0 N–H and O–H groups in total. The Morgan fingerprint density at radius 1 is 1.29 bits per heavy atom. The van der Waals surface area contributed by atoms with Gasteiger partial charge >= 0.3 is 5.97 Å². The molecule has 0 radical (unpaired) electrons. The number of benzene rings is 1. The molecule has 1 aromatic rings. The van der Waals surface area contributed by atoms with E-state index in [1.165, 1.54) is 0 Å². The molecule has 114 valence electrons. The smallest absolute Gasteiger partial charge is 0.340 e. The lowest BCUT2D eigenvalue weighted by atomic mass is 9.89. The number of carbonyl (C=O) groups is 1. The van der Waals surface area contributed by atoms with Crippen LogP contribution in [0.4, 0.5) is 5.69 Å². The molecular formula is C14H15Cl2NO4. The Labute approximate surface area is 132 Å². The molecule has 7 heteroatoms. The van der Waals surface area contributed by atoms with Gasteiger partial charge in [-0.2, -0.15) is 0 Å². The first-order valence-corrected chi connectivity index (χ1v) is 7.48. The molecule has 0 bridgehead atoms. The van der Waals surface area contributed by atoms with Gasteiger partial charge in [0.25, 0.3) is 5.69 Å². The summed E-state index contributed by atoms with van der Waals surface area (Å²) in [6.07, 6.45) is 3.44. The fourth-order valence-corrected chi connectivity index (χ4v) is 2.79. The normalized spacial score (nSPS) is 21.9. The third kappa shape index (κ3) is 3.86. The van der Waals surface area contributed by atoms with Crippen molar-refractivity contribution in [2.24, 2.45) is 5.92 Å². The predicted octanol–water partition coefficient (Wildman–Crippen LogP) is 4.64. The van der Waals surface area contributed by atoms with Crippen molar-refractivity contribution in [2.75, 3.05) is 0 Å². The van der Waals surface area contributed by atoms with Crippen molar-refractivity contribution in [3.63, 3.8) is 0 Å². The fourth-order valence-electron chi connectivity index (χ4n) is 2.39. The van der Waals surface area contributed by atoms with Crippen LogP contribution >= 0.6 is 23.2 Å². The van der Waals surface area contributed by atoms with E-state index in [1.54, 1.807) is 0 Å². The number of esters is 1. The summed E-state index contributed by atoms with van der Waals surface area (Å²) in [6, 6.07) is 2.21. The lowest BCUT2D eigenvalue weighted by molar-refractivity contribution is -0.384. The molecule has 0 amide bonds. The van der Waals surface area contributed by atoms with E-state index in [0.29, 0.717) is 5.92 Å². The SMILES string of the molecule is CC1CCC(OC(=O)c2cc([N+](=O)[O-])cc(Cl)c2Cl)CC1. The van der Waals surface area contributed by atoms with Crippen LogP contribution in [0.25, 0.3) is 0 Å². The van der Waals surface area contributed by atoms with Gasteiger partial charge in [-0.15, -0.1) is 0 Å². The second kappa shape index (κ2) is 6.62. The first-order chi connectivity index (χ1) is 9.88. The zero-order chi connectivity index (χ0) is 15.6. The van der Waals surface area contributed by atoms with E-state index in [0.717, 1.165) is 37.8 Å². The van der Waals surface area contributed by atoms with E-state index in [-0.39, 0.29) is 27.4 Å². The fraction of sp³-hybridized carbons (Fsp3) is 0.500. The minimum Gasteiger partial charge on any atom is -0.459 e. The van der Waals surface area contributed by atoms with Crippen LogP contribution in [0, 0.1) is 16.0 Å². The molecule has 1 fully saturated rings. The van der Waals surface area contributed by atoms with Crippen LogP contribution in [0.5, 0.6) is 0 Å². The van der Waals surface area contributed by atoms with E-state index >= 15 is 0 Å². The Morgan fingerprint density at radius 3 is 2.48 bits per heavy atom. The molecule has 0 atom stereocenters. The molecule has 1 aromatic carbocycles. The Morgan fingerprint density at radius 2 is 1.90 bits per heavy atom. The molecule has 0 saturated heterocycles. The summed E-state index contributed by atoms with van der Waals surface area (Å²) in [5.41, 5.74) is -0.344. The minimum atomic E-state index is -0.662. The molecule has 2 rings (SSSR count). The average Bonchev–Trinajstić information content (AvgIpc) is 2.43. The molecular weight excluding hydrogens is 317 g/mol. The van der Waals surface area contributed by atoms with Crippen LogP contribution in [0.3, 0.4) is 0 Å². The highest BCUT2D eigenvalue weighted by atomic mass is 35.5. The molecule has 0 unspecified atom stereocenters. The van der Waals surface area contributed by atoms with E-state index < -0.39 is 10.9 Å². The highest BCUT2D eigenvalue weighted by Crippen LogP contribution is 2.32. The van der Waals surface area contributed by atoms with Crippen molar-refractivity contribution in [2.45, 2.75) is 38.7 Å². The Balaban J connectivity index is 2.17. The van der Waals surface area contributed by atoms with Crippen LogP contribution < -0.4 is 0 Å². The van der Waals surface area contributed by atoms with Crippen LogP contribution in [0.15, 0.2) is 12.1 Å². The predicted molar refractivity (Wildman–Crippen MR) is 80.0 cm³/mol. The highest BCUT2D eigenvalue weighted by Gasteiger charge is 2.25. The van der Waals surface area contributed by atoms with Gasteiger partial charge in [0, 0.05) is 12.1 Å². The first kappa shape index (κ1) is 16.0. The van der Waals surface area contributed by atoms with Gasteiger partial charge in [-0.25, -0.2) is 4.79 Å². The van der Waals surface area contributed by atoms with Crippen molar-refractivity contribution >= 4 is 34.9 Å². The molecule has 0 heterocycles. The maximum Gasteiger partial charge on any atom is 0.340 e. The van der Waals surface area contributed by atoms with Crippen LogP contribution in [0.2, 0.25) is 10.0 Å². The molecule has 0 aliphatic heterocycles. The monoisotopic (exact) mass is 331 g/mol. The topological polar surface area (TPSA) is 69.4 Å². The highest BCUT2D eigenvalue weighted by molar-refractivity contribution is 6.43. The van der Waals surface area contributed by atoms with Gasteiger partial charge in [-0.1, -0.05) is 30.1 Å². The van der Waals surface area contributed by atoms with E-state index in [9.17, 15) is 14.9 Å². The number of ether oxygens (including phenoxy) is 1. The number of nitro groups is 1. The zero-order valence-corrected chi connectivity index (χ0v) is 13.0. The second-order valence-corrected chi connectivity index (χ2v) is 6.12. The standard InChI is InChI=1S/C14H15Cl2NO4/c1-8-2-4-10(5-3-8)21-14(18)11-6-9(17(19)20)7-12(15)13(11)16/h6-8,10H,2-5H2,1H3. The number of nitrogens with zero attached hydrogens (tertiary/aromatic N) is 1. The van der Waals surface area contributed by atoms with E-state index in [2.05, 4.69) is 6.92 Å². The van der Waals surface area contributed by atoms with Gasteiger partial charge in [0.15, 0.2) is 0 Å². The molecule has 0 spiro atoms. The largest absolute Gasteiger partial charge is 0.459 e. The maximum atomic E-state index is 12.2. The second-order valence-electron chi connectivity index (χ2n) is 5.33. The summed E-state index contributed by atoms with van der Waals surface area (Å²) in [4.78, 5) is 22.3. The first-order valence-electron chi connectivity index (χ1n) is 6.73. The van der Waals surface area contributed by atoms with Crippen molar-refractivity contribution in [1.29, 1.82) is 0 Å². The van der Waals surface area contributed by atoms with Gasteiger partial charge in [-0.3, -0.25) is 10.1 Å². The number of carbonyl (C=O) groups excluding carboxylic acids is 1.